The first-order valence-electron chi connectivity index (χ1n) is 6.11. The zero-order valence-electron chi connectivity index (χ0n) is 11.2. The average molecular weight is 253 g/mol. The van der Waals surface area contributed by atoms with Gasteiger partial charge in [-0.1, -0.05) is 18.2 Å². The highest BCUT2D eigenvalue weighted by atomic mass is 32.2. The van der Waals surface area contributed by atoms with E-state index in [1.54, 1.807) is 6.26 Å². The quantitative estimate of drug-likeness (QED) is 0.790. The molecule has 0 aliphatic carbocycles. The fraction of sp³-hybridized carbons (Fsp3) is 0.571. The average Bonchev–Trinajstić information content (AvgIpc) is 2.27. The van der Waals surface area contributed by atoms with Crippen molar-refractivity contribution >= 4 is 10.8 Å². The van der Waals surface area contributed by atoms with Gasteiger partial charge in [-0.2, -0.15) is 0 Å². The lowest BCUT2D eigenvalue weighted by Gasteiger charge is -2.15. The molecule has 0 spiro atoms. The Bertz CT molecular complexity index is 390. The van der Waals surface area contributed by atoms with E-state index in [4.69, 9.17) is 0 Å². The summed E-state index contributed by atoms with van der Waals surface area (Å²) >= 11 is 0. The van der Waals surface area contributed by atoms with Crippen molar-refractivity contribution in [3.8, 4) is 0 Å². The maximum absolute atomic E-state index is 10.9. The van der Waals surface area contributed by atoms with Gasteiger partial charge >= 0.3 is 0 Å². The van der Waals surface area contributed by atoms with Crippen molar-refractivity contribution < 1.29 is 4.21 Å². The molecule has 0 heterocycles. The van der Waals surface area contributed by atoms with Gasteiger partial charge in [-0.05, 0) is 50.4 Å². The Hall–Kier alpha value is -0.670. The molecule has 2 atom stereocenters. The molecule has 1 aromatic rings. The summed E-state index contributed by atoms with van der Waals surface area (Å²) in [5.74, 6) is 0.784. The Morgan fingerprint density at radius 3 is 2.59 bits per heavy atom. The van der Waals surface area contributed by atoms with Crippen molar-refractivity contribution in [2.75, 3.05) is 18.6 Å². The molecule has 2 nitrogen and oxygen atoms in total. The van der Waals surface area contributed by atoms with Crippen LogP contribution in [0.4, 0.5) is 0 Å². The smallest absolute Gasteiger partial charge is 0.0291 e. The molecule has 0 aromatic heterocycles. The maximum atomic E-state index is 10.9. The molecule has 0 fully saturated rings. The summed E-state index contributed by atoms with van der Waals surface area (Å²) in [7, 11) is -0.672. The number of benzene rings is 1. The topological polar surface area (TPSA) is 29.1 Å². The van der Waals surface area contributed by atoms with Crippen molar-refractivity contribution in [3.05, 3.63) is 34.9 Å². The van der Waals surface area contributed by atoms with E-state index in [1.807, 2.05) is 0 Å². The van der Waals surface area contributed by atoms with Gasteiger partial charge < -0.3 is 5.32 Å². The number of aryl methyl sites for hydroxylation is 2. The summed E-state index contributed by atoms with van der Waals surface area (Å²) < 4.78 is 10.9. The predicted molar refractivity (Wildman–Crippen MR) is 75.9 cm³/mol. The van der Waals surface area contributed by atoms with Crippen LogP contribution in [0.1, 0.15) is 36.1 Å². The van der Waals surface area contributed by atoms with E-state index < -0.39 is 10.8 Å². The molecular formula is C14H23NOS. The van der Waals surface area contributed by atoms with Gasteiger partial charge in [-0.15, -0.1) is 0 Å². The normalized spacial score (nSPS) is 14.6. The van der Waals surface area contributed by atoms with Crippen LogP contribution in [-0.4, -0.2) is 22.8 Å². The molecule has 3 heteroatoms. The van der Waals surface area contributed by atoms with E-state index in [0.29, 0.717) is 6.04 Å². The monoisotopic (exact) mass is 253 g/mol. The Kier molecular flexibility index (Phi) is 5.86. The number of nitrogens with one attached hydrogen (secondary N) is 1. The van der Waals surface area contributed by atoms with Crippen LogP contribution in [0.5, 0.6) is 0 Å². The Labute approximate surface area is 107 Å². The third-order valence-corrected chi connectivity index (χ3v) is 3.95. The first-order valence-corrected chi connectivity index (χ1v) is 7.84. The lowest BCUT2D eigenvalue weighted by atomic mass is 10.0. The van der Waals surface area contributed by atoms with Crippen LogP contribution in [0.25, 0.3) is 0 Å². The van der Waals surface area contributed by atoms with E-state index in [9.17, 15) is 4.21 Å². The number of rotatable bonds is 6. The van der Waals surface area contributed by atoms with Crippen molar-refractivity contribution in [2.45, 2.75) is 33.2 Å². The fourth-order valence-corrected chi connectivity index (χ4v) is 2.30. The largest absolute Gasteiger partial charge is 0.310 e. The second-order valence-corrected chi connectivity index (χ2v) is 6.21. The summed E-state index contributed by atoms with van der Waals surface area (Å²) in [6, 6.07) is 6.95. The van der Waals surface area contributed by atoms with Gasteiger partial charge in [0.2, 0.25) is 0 Å². The molecule has 1 rings (SSSR count). The third-order valence-electron chi connectivity index (χ3n) is 3.09. The summed E-state index contributed by atoms with van der Waals surface area (Å²) in [6.45, 7) is 7.38. The van der Waals surface area contributed by atoms with E-state index in [-0.39, 0.29) is 0 Å². The number of hydrogen-bond donors (Lipinski definition) is 1. The maximum Gasteiger partial charge on any atom is 0.0291 e. The SMILES string of the molecule is Cc1ccc(C(C)NCCCS(C)=O)cc1C. The van der Waals surface area contributed by atoms with Crippen molar-refractivity contribution in [3.63, 3.8) is 0 Å². The minimum Gasteiger partial charge on any atom is -0.310 e. The zero-order valence-corrected chi connectivity index (χ0v) is 12.1. The van der Waals surface area contributed by atoms with Crippen LogP contribution in [0.2, 0.25) is 0 Å². The summed E-state index contributed by atoms with van der Waals surface area (Å²) in [5.41, 5.74) is 4.00. The second kappa shape index (κ2) is 6.92. The van der Waals surface area contributed by atoms with E-state index in [1.165, 1.54) is 16.7 Å². The molecule has 1 N–H and O–H groups in total. The molecule has 0 saturated heterocycles. The lowest BCUT2D eigenvalue weighted by molar-refractivity contribution is 0.570. The molecule has 2 unspecified atom stereocenters. The summed E-state index contributed by atoms with van der Waals surface area (Å²) in [6.07, 6.45) is 2.73. The van der Waals surface area contributed by atoms with Crippen molar-refractivity contribution in [1.29, 1.82) is 0 Å². The molecule has 1 aromatic carbocycles. The third kappa shape index (κ3) is 5.00. The Morgan fingerprint density at radius 1 is 1.29 bits per heavy atom. The molecule has 0 aliphatic rings. The van der Waals surface area contributed by atoms with Crippen LogP contribution < -0.4 is 5.32 Å². The molecule has 0 bridgehead atoms. The van der Waals surface area contributed by atoms with Gasteiger partial charge in [-0.3, -0.25) is 4.21 Å². The Balaban J connectivity index is 2.44. The van der Waals surface area contributed by atoms with E-state index in [0.717, 1.165) is 18.7 Å². The van der Waals surface area contributed by atoms with E-state index >= 15 is 0 Å². The molecule has 17 heavy (non-hydrogen) atoms. The first kappa shape index (κ1) is 14.4. The van der Waals surface area contributed by atoms with Gasteiger partial charge in [0, 0.05) is 28.9 Å². The fourth-order valence-electron chi connectivity index (χ4n) is 1.75. The van der Waals surface area contributed by atoms with E-state index in [2.05, 4.69) is 44.3 Å². The summed E-state index contributed by atoms with van der Waals surface area (Å²) in [5, 5.41) is 3.47. The van der Waals surface area contributed by atoms with Gasteiger partial charge in [0.05, 0.1) is 0 Å². The summed E-state index contributed by atoms with van der Waals surface area (Å²) in [4.78, 5) is 0. The molecule has 0 amide bonds. The highest BCUT2D eigenvalue weighted by Gasteiger charge is 2.05. The minimum atomic E-state index is -0.672. The highest BCUT2D eigenvalue weighted by Crippen LogP contribution is 2.16. The van der Waals surface area contributed by atoms with Crippen LogP contribution in [0, 0.1) is 13.8 Å². The predicted octanol–water partition coefficient (Wildman–Crippen LogP) is 2.72. The highest BCUT2D eigenvalue weighted by molar-refractivity contribution is 7.84. The van der Waals surface area contributed by atoms with Crippen molar-refractivity contribution in [2.24, 2.45) is 0 Å². The zero-order chi connectivity index (χ0) is 12.8. The molecule has 0 saturated carbocycles. The van der Waals surface area contributed by atoms with Crippen LogP contribution in [0.15, 0.2) is 18.2 Å². The van der Waals surface area contributed by atoms with Crippen LogP contribution in [-0.2, 0) is 10.8 Å². The number of hydrogen-bond acceptors (Lipinski definition) is 2. The Morgan fingerprint density at radius 2 is 2.00 bits per heavy atom. The molecular weight excluding hydrogens is 230 g/mol. The van der Waals surface area contributed by atoms with Crippen LogP contribution in [0.3, 0.4) is 0 Å². The molecule has 0 aliphatic heterocycles. The van der Waals surface area contributed by atoms with Gasteiger partial charge in [0.25, 0.3) is 0 Å². The molecule has 96 valence electrons. The lowest BCUT2D eigenvalue weighted by Crippen LogP contribution is -2.21. The van der Waals surface area contributed by atoms with Gasteiger partial charge in [0.1, 0.15) is 0 Å². The van der Waals surface area contributed by atoms with Gasteiger partial charge in [-0.25, -0.2) is 0 Å². The van der Waals surface area contributed by atoms with Crippen LogP contribution >= 0.6 is 0 Å². The standard InChI is InChI=1S/C14H23NOS/c1-11-6-7-14(10-12(11)2)13(3)15-8-5-9-17(4)16/h6-7,10,13,15H,5,8-9H2,1-4H3. The van der Waals surface area contributed by atoms with Gasteiger partial charge in [0.15, 0.2) is 0 Å². The first-order chi connectivity index (χ1) is 8.00. The van der Waals surface area contributed by atoms with Crippen molar-refractivity contribution in [1.82, 2.24) is 5.32 Å². The minimum absolute atomic E-state index is 0.361. The second-order valence-electron chi connectivity index (χ2n) is 4.65. The molecule has 0 radical (unpaired) electrons.